The number of rotatable bonds is 4. The summed E-state index contributed by atoms with van der Waals surface area (Å²) in [7, 11) is 0. The number of carbonyl (C=O) groups is 2. The smallest absolute Gasteiger partial charge is 0.251 e. The third kappa shape index (κ3) is 3.19. The molecule has 1 aliphatic heterocycles. The molecule has 0 radical (unpaired) electrons. The molecule has 4 nitrogen and oxygen atoms in total. The number of anilines is 1. The van der Waals surface area contributed by atoms with Gasteiger partial charge in [-0.2, -0.15) is 0 Å². The van der Waals surface area contributed by atoms with E-state index >= 15 is 0 Å². The van der Waals surface area contributed by atoms with Gasteiger partial charge in [-0.3, -0.25) is 9.59 Å². The molecule has 7 rings (SSSR count). The Balaban J connectivity index is 1.21. The minimum Gasteiger partial charge on any atom is -0.352 e. The SMILES string of the molecule is CCC(=O)N1CCc2cc(C(=O)NCC3CC4c5ccccc5C3c3ccccc34)ccc21. The lowest BCUT2D eigenvalue weighted by Crippen LogP contribution is -2.39. The first-order valence-corrected chi connectivity index (χ1v) is 12.0. The van der Waals surface area contributed by atoms with E-state index in [0.717, 1.165) is 24.1 Å². The van der Waals surface area contributed by atoms with Gasteiger partial charge in [0.25, 0.3) is 5.91 Å². The second-order valence-corrected chi connectivity index (χ2v) is 9.49. The summed E-state index contributed by atoms with van der Waals surface area (Å²) in [6, 6.07) is 23.4. The van der Waals surface area contributed by atoms with Crippen molar-refractivity contribution in [3.63, 3.8) is 0 Å². The van der Waals surface area contributed by atoms with Gasteiger partial charge in [0.05, 0.1) is 0 Å². The van der Waals surface area contributed by atoms with Gasteiger partial charge in [0.1, 0.15) is 0 Å². The zero-order valence-corrected chi connectivity index (χ0v) is 18.9. The summed E-state index contributed by atoms with van der Waals surface area (Å²) in [6.07, 6.45) is 2.37. The summed E-state index contributed by atoms with van der Waals surface area (Å²) >= 11 is 0. The topological polar surface area (TPSA) is 49.4 Å². The summed E-state index contributed by atoms with van der Waals surface area (Å²) in [5.41, 5.74) is 8.47. The summed E-state index contributed by atoms with van der Waals surface area (Å²) in [6.45, 7) is 3.26. The molecule has 3 aromatic carbocycles. The van der Waals surface area contributed by atoms with Crippen molar-refractivity contribution >= 4 is 17.5 Å². The summed E-state index contributed by atoms with van der Waals surface area (Å²) in [5.74, 6) is 1.23. The van der Waals surface area contributed by atoms with Crippen molar-refractivity contribution in [2.24, 2.45) is 5.92 Å². The molecule has 2 amide bonds. The Morgan fingerprint density at radius 1 is 0.939 bits per heavy atom. The number of amides is 2. The van der Waals surface area contributed by atoms with Crippen molar-refractivity contribution in [3.8, 4) is 0 Å². The lowest BCUT2D eigenvalue weighted by molar-refractivity contribution is -0.118. The van der Waals surface area contributed by atoms with Crippen molar-refractivity contribution in [1.82, 2.24) is 5.32 Å². The first kappa shape index (κ1) is 20.2. The van der Waals surface area contributed by atoms with Gasteiger partial charge in [0.15, 0.2) is 0 Å². The number of carbonyl (C=O) groups excluding carboxylic acids is 2. The van der Waals surface area contributed by atoms with E-state index in [9.17, 15) is 9.59 Å². The zero-order valence-electron chi connectivity index (χ0n) is 18.9. The molecule has 0 aromatic heterocycles. The lowest BCUT2D eigenvalue weighted by Gasteiger charge is -2.45. The Labute approximate surface area is 194 Å². The van der Waals surface area contributed by atoms with E-state index < -0.39 is 0 Å². The maximum atomic E-state index is 13.1. The van der Waals surface area contributed by atoms with Crippen molar-refractivity contribution in [2.45, 2.75) is 38.0 Å². The first-order chi connectivity index (χ1) is 16.2. The Morgan fingerprint density at radius 3 is 2.27 bits per heavy atom. The van der Waals surface area contributed by atoms with Crippen LogP contribution in [0.5, 0.6) is 0 Å². The van der Waals surface area contributed by atoms with Gasteiger partial charge >= 0.3 is 0 Å². The van der Waals surface area contributed by atoms with Crippen LogP contribution in [0.2, 0.25) is 0 Å². The Morgan fingerprint density at radius 2 is 1.61 bits per heavy atom. The third-order valence-electron chi connectivity index (χ3n) is 7.79. The summed E-state index contributed by atoms with van der Waals surface area (Å²) < 4.78 is 0. The van der Waals surface area contributed by atoms with Gasteiger partial charge < -0.3 is 10.2 Å². The molecule has 4 aliphatic rings. The summed E-state index contributed by atoms with van der Waals surface area (Å²) in [5, 5.41) is 3.23. The van der Waals surface area contributed by atoms with Gasteiger partial charge in [-0.25, -0.2) is 0 Å². The van der Waals surface area contributed by atoms with Crippen LogP contribution in [0.3, 0.4) is 0 Å². The maximum Gasteiger partial charge on any atom is 0.251 e. The molecule has 0 spiro atoms. The number of nitrogens with one attached hydrogen (secondary N) is 1. The number of fused-ring (bicyclic) bond motifs is 2. The molecule has 166 valence electrons. The molecule has 2 bridgehead atoms. The van der Waals surface area contributed by atoms with E-state index in [1.54, 1.807) is 0 Å². The van der Waals surface area contributed by atoms with E-state index in [-0.39, 0.29) is 11.8 Å². The molecule has 4 heteroatoms. The number of nitrogens with zero attached hydrogens (tertiary/aromatic N) is 1. The molecule has 1 atom stereocenters. The third-order valence-corrected chi connectivity index (χ3v) is 7.79. The quantitative estimate of drug-likeness (QED) is 0.625. The van der Waals surface area contributed by atoms with Crippen molar-refractivity contribution in [2.75, 3.05) is 18.0 Å². The van der Waals surface area contributed by atoms with Crippen LogP contribution in [0.4, 0.5) is 5.69 Å². The van der Waals surface area contributed by atoms with Crippen LogP contribution in [0, 0.1) is 5.92 Å². The predicted molar refractivity (Wildman–Crippen MR) is 130 cm³/mol. The average Bonchev–Trinajstić information content (AvgIpc) is 3.30. The van der Waals surface area contributed by atoms with E-state index in [1.165, 1.54) is 22.3 Å². The van der Waals surface area contributed by atoms with Gasteiger partial charge in [-0.1, -0.05) is 55.5 Å². The molecular weight excluding hydrogens is 408 g/mol. The first-order valence-electron chi connectivity index (χ1n) is 12.0. The molecule has 0 fully saturated rings. The highest BCUT2D eigenvalue weighted by molar-refractivity contribution is 5.98. The minimum absolute atomic E-state index is 0.0268. The second kappa shape index (κ2) is 7.87. The van der Waals surface area contributed by atoms with Crippen molar-refractivity contribution in [1.29, 1.82) is 0 Å². The number of hydrogen-bond acceptors (Lipinski definition) is 2. The van der Waals surface area contributed by atoms with E-state index in [4.69, 9.17) is 0 Å². The fourth-order valence-corrected chi connectivity index (χ4v) is 6.28. The molecule has 3 aromatic rings. The Hall–Kier alpha value is -3.40. The highest BCUT2D eigenvalue weighted by Crippen LogP contribution is 2.55. The number of benzene rings is 3. The maximum absolute atomic E-state index is 13.1. The highest BCUT2D eigenvalue weighted by atomic mass is 16.2. The minimum atomic E-state index is -0.0268. The van der Waals surface area contributed by atoms with Gasteiger partial charge in [0, 0.05) is 42.6 Å². The highest BCUT2D eigenvalue weighted by Gasteiger charge is 2.42. The predicted octanol–water partition coefficient (Wildman–Crippen LogP) is 5.01. The van der Waals surface area contributed by atoms with Gasteiger partial charge in [-0.15, -0.1) is 0 Å². The van der Waals surface area contributed by atoms with Gasteiger partial charge in [-0.05, 0) is 64.8 Å². The molecule has 0 saturated carbocycles. The largest absolute Gasteiger partial charge is 0.352 e. The van der Waals surface area contributed by atoms with Crippen LogP contribution >= 0.6 is 0 Å². The molecule has 1 N–H and O–H groups in total. The van der Waals surface area contributed by atoms with Crippen LogP contribution < -0.4 is 10.2 Å². The van der Waals surface area contributed by atoms with E-state index in [0.29, 0.717) is 42.8 Å². The molecular formula is C29H28N2O2. The second-order valence-electron chi connectivity index (χ2n) is 9.49. The Bertz CT molecular complexity index is 1220. The van der Waals surface area contributed by atoms with Crippen LogP contribution in [-0.2, 0) is 11.2 Å². The monoisotopic (exact) mass is 436 g/mol. The normalized spacial score (nSPS) is 21.8. The van der Waals surface area contributed by atoms with Gasteiger partial charge in [0.2, 0.25) is 5.91 Å². The molecule has 1 heterocycles. The standard InChI is InChI=1S/C29H28N2O2/c1-2-27(32)31-14-13-18-15-19(11-12-26(18)31)29(33)30-17-20-16-25-21-7-3-5-9-23(21)28(20)24-10-6-4-8-22(24)25/h3-12,15,20,25,28H,2,13-14,16-17H2,1H3,(H,30,33). The van der Waals surface area contributed by atoms with Crippen LogP contribution in [0.1, 0.15) is 69.8 Å². The fourth-order valence-electron chi connectivity index (χ4n) is 6.28. The zero-order chi connectivity index (χ0) is 22.5. The van der Waals surface area contributed by atoms with E-state index in [2.05, 4.69) is 53.8 Å². The molecule has 33 heavy (non-hydrogen) atoms. The number of hydrogen-bond donors (Lipinski definition) is 1. The van der Waals surface area contributed by atoms with Crippen LogP contribution in [0.15, 0.2) is 66.7 Å². The fraction of sp³-hybridized carbons (Fsp3) is 0.310. The molecule has 1 unspecified atom stereocenters. The molecule has 0 saturated heterocycles. The lowest BCUT2D eigenvalue weighted by atomic mass is 9.59. The van der Waals surface area contributed by atoms with Crippen LogP contribution in [0.25, 0.3) is 0 Å². The molecule has 3 aliphatic carbocycles. The summed E-state index contributed by atoms with van der Waals surface area (Å²) in [4.78, 5) is 27.1. The van der Waals surface area contributed by atoms with Crippen molar-refractivity contribution < 1.29 is 9.59 Å². The van der Waals surface area contributed by atoms with E-state index in [1.807, 2.05) is 30.0 Å². The van der Waals surface area contributed by atoms with Crippen LogP contribution in [-0.4, -0.2) is 24.9 Å². The average molecular weight is 437 g/mol. The van der Waals surface area contributed by atoms with Crippen molar-refractivity contribution in [3.05, 3.63) is 100 Å². The Kier molecular flexibility index (Phi) is 4.83.